The topological polar surface area (TPSA) is 0 Å². The molecule has 4 heteroatoms. The van der Waals surface area contributed by atoms with Gasteiger partial charge in [0.15, 0.2) is 0 Å². The maximum absolute atomic E-state index is 2.65. The van der Waals surface area contributed by atoms with Crippen LogP contribution < -0.4 is 15.6 Å². The lowest BCUT2D eigenvalue weighted by Crippen LogP contribution is -2.87. The molecule has 0 heterocycles. The summed E-state index contributed by atoms with van der Waals surface area (Å²) in [5, 5.41) is 4.85. The number of rotatable bonds is 6. The molecule has 0 N–H and O–H groups in total. The quantitative estimate of drug-likeness (QED) is 0.395. The van der Waals surface area contributed by atoms with Gasteiger partial charge in [0.25, 0.3) is 0 Å². The van der Waals surface area contributed by atoms with Crippen molar-refractivity contribution >= 4 is 45.7 Å². The largest absolute Gasteiger partial charge is 0.132 e. The van der Waals surface area contributed by atoms with Crippen molar-refractivity contribution in [3.63, 3.8) is 0 Å². The average molecular weight is 434 g/mol. The minimum atomic E-state index is -2.10. The summed E-state index contributed by atoms with van der Waals surface area (Å²) in [7, 11) is -5.47. The van der Waals surface area contributed by atoms with E-state index >= 15 is 0 Å². The first-order valence-corrected chi connectivity index (χ1v) is 23.7. The molecule has 0 aliphatic heterocycles. The minimum Gasteiger partial charge on any atom is -0.0720 e. The molecule has 0 saturated carbocycles. The SMILES string of the molecule is C[Si](C)(C)[Si]([Si](C)(C)C)[Si](c1ccccc1)(c1ccccc1)c1ccccc1. The Morgan fingerprint density at radius 2 is 0.679 bits per heavy atom. The molecule has 3 aromatic rings. The maximum atomic E-state index is 2.65. The van der Waals surface area contributed by atoms with E-state index < -0.39 is 30.1 Å². The lowest BCUT2D eigenvalue weighted by Gasteiger charge is -2.50. The Bertz CT molecular complexity index is 768. The summed E-state index contributed by atoms with van der Waals surface area (Å²) >= 11 is 0. The van der Waals surface area contributed by atoms with Crippen LogP contribution >= 0.6 is 0 Å². The fourth-order valence-electron chi connectivity index (χ4n) is 5.25. The summed E-state index contributed by atoms with van der Waals surface area (Å²) in [5.74, 6) is 0. The Morgan fingerprint density at radius 3 is 0.893 bits per heavy atom. The molecule has 0 fully saturated rings. The van der Waals surface area contributed by atoms with E-state index in [0.717, 1.165) is 0 Å². The van der Waals surface area contributed by atoms with Crippen LogP contribution in [0.3, 0.4) is 0 Å². The molecule has 0 saturated heterocycles. The van der Waals surface area contributed by atoms with Gasteiger partial charge in [-0.15, -0.1) is 0 Å². The molecule has 3 aromatic carbocycles. The Labute approximate surface area is 175 Å². The molecule has 0 nitrogen and oxygen atoms in total. The predicted molar refractivity (Wildman–Crippen MR) is 136 cm³/mol. The summed E-state index contributed by atoms with van der Waals surface area (Å²) in [4.78, 5) is 0. The standard InChI is InChI=1S/C24H33Si4/c1-26(2,3)25(27(4,5)6)28(22-16-10-7-11-17-22,23-18-12-8-13-19-23)24-20-14-9-15-21-24/h7-21H,1-6H3. The minimum absolute atomic E-state index is 0.613. The van der Waals surface area contributed by atoms with Crippen LogP contribution in [0.1, 0.15) is 0 Å². The molecule has 145 valence electrons. The van der Waals surface area contributed by atoms with Crippen molar-refractivity contribution in [3.8, 4) is 0 Å². The Morgan fingerprint density at radius 1 is 0.429 bits per heavy atom. The zero-order valence-electron chi connectivity index (χ0n) is 18.2. The van der Waals surface area contributed by atoms with Crippen molar-refractivity contribution in [3.05, 3.63) is 91.0 Å². The van der Waals surface area contributed by atoms with Gasteiger partial charge >= 0.3 is 0 Å². The van der Waals surface area contributed by atoms with E-state index in [4.69, 9.17) is 0 Å². The summed E-state index contributed by atoms with van der Waals surface area (Å²) in [6.07, 6.45) is 0. The molecule has 0 amide bonds. The lowest BCUT2D eigenvalue weighted by atomic mass is 10.3. The monoisotopic (exact) mass is 433 g/mol. The highest BCUT2D eigenvalue weighted by atomic mass is 29.9. The fraction of sp³-hybridized carbons (Fsp3) is 0.250. The second-order valence-corrected chi connectivity index (χ2v) is 43.0. The Kier molecular flexibility index (Phi) is 6.15. The molecule has 0 aliphatic rings. The van der Waals surface area contributed by atoms with Crippen molar-refractivity contribution < 1.29 is 0 Å². The van der Waals surface area contributed by atoms with E-state index in [1.807, 2.05) is 0 Å². The van der Waals surface area contributed by atoms with E-state index in [1.54, 1.807) is 15.6 Å². The van der Waals surface area contributed by atoms with Crippen molar-refractivity contribution in [2.24, 2.45) is 0 Å². The zero-order chi connectivity index (χ0) is 20.4. The van der Waals surface area contributed by atoms with Gasteiger partial charge in [-0.2, -0.15) is 0 Å². The van der Waals surface area contributed by atoms with Crippen LogP contribution in [0.2, 0.25) is 39.3 Å². The van der Waals surface area contributed by atoms with E-state index in [2.05, 4.69) is 130 Å². The van der Waals surface area contributed by atoms with Gasteiger partial charge < -0.3 is 0 Å². The molecule has 3 rings (SSSR count). The normalized spacial score (nSPS) is 13.0. The molecular formula is C24H33Si4. The highest BCUT2D eigenvalue weighted by molar-refractivity contribution is 7.87. The van der Waals surface area contributed by atoms with Crippen LogP contribution in [0, 0.1) is 0 Å². The van der Waals surface area contributed by atoms with Crippen molar-refractivity contribution in [1.82, 2.24) is 0 Å². The number of hydrogen-bond acceptors (Lipinski definition) is 0. The van der Waals surface area contributed by atoms with Gasteiger partial charge in [0.1, 0.15) is 7.59 Å². The highest BCUT2D eigenvalue weighted by Gasteiger charge is 2.57. The van der Waals surface area contributed by atoms with Crippen LogP contribution in [0.4, 0.5) is 0 Å². The van der Waals surface area contributed by atoms with Crippen LogP contribution in [-0.4, -0.2) is 30.1 Å². The van der Waals surface area contributed by atoms with Gasteiger partial charge in [0.2, 0.25) is 0 Å². The average Bonchev–Trinajstić information content (AvgIpc) is 2.66. The van der Waals surface area contributed by atoms with Crippen molar-refractivity contribution in [2.45, 2.75) is 39.3 Å². The van der Waals surface area contributed by atoms with Crippen molar-refractivity contribution in [2.75, 3.05) is 0 Å². The van der Waals surface area contributed by atoms with E-state index in [-0.39, 0.29) is 0 Å². The van der Waals surface area contributed by atoms with Crippen LogP contribution in [0.25, 0.3) is 0 Å². The molecular weight excluding hydrogens is 401 g/mol. The van der Waals surface area contributed by atoms with Gasteiger partial charge in [-0.3, -0.25) is 0 Å². The first kappa shape index (κ1) is 21.2. The number of hydrogen-bond donors (Lipinski definition) is 0. The predicted octanol–water partition coefficient (Wildman–Crippen LogP) is 4.56. The van der Waals surface area contributed by atoms with Gasteiger partial charge in [0.05, 0.1) is 0 Å². The second-order valence-electron chi connectivity index (χ2n) is 9.72. The van der Waals surface area contributed by atoms with Gasteiger partial charge in [-0.1, -0.05) is 146 Å². The van der Waals surface area contributed by atoms with Crippen LogP contribution in [0.5, 0.6) is 0 Å². The van der Waals surface area contributed by atoms with E-state index in [1.165, 1.54) is 0 Å². The molecule has 0 aromatic heterocycles. The third-order valence-corrected chi connectivity index (χ3v) is 60.4. The molecule has 0 bridgehead atoms. The van der Waals surface area contributed by atoms with Gasteiger partial charge in [-0.25, -0.2) is 0 Å². The summed E-state index contributed by atoms with van der Waals surface area (Å²) < 4.78 is 0. The van der Waals surface area contributed by atoms with Gasteiger partial charge in [-0.05, 0) is 0 Å². The zero-order valence-corrected chi connectivity index (χ0v) is 22.2. The fourth-order valence-corrected chi connectivity index (χ4v) is 79.6. The van der Waals surface area contributed by atoms with E-state index in [0.29, 0.717) is 0 Å². The highest BCUT2D eigenvalue weighted by Crippen LogP contribution is 2.26. The summed E-state index contributed by atoms with van der Waals surface area (Å²) in [6, 6.07) is 34.7. The first-order chi connectivity index (χ1) is 13.2. The lowest BCUT2D eigenvalue weighted by molar-refractivity contribution is 1.69. The molecule has 1 radical (unpaired) electrons. The summed E-state index contributed by atoms with van der Waals surface area (Å²) in [6.45, 7) is 15.9. The van der Waals surface area contributed by atoms with E-state index in [9.17, 15) is 0 Å². The third kappa shape index (κ3) is 3.96. The molecule has 0 unspecified atom stereocenters. The second kappa shape index (κ2) is 8.11. The Balaban J connectivity index is 2.51. The molecule has 0 aliphatic carbocycles. The maximum Gasteiger partial charge on any atom is 0.132 e. The number of benzene rings is 3. The van der Waals surface area contributed by atoms with Crippen LogP contribution in [0.15, 0.2) is 91.0 Å². The van der Waals surface area contributed by atoms with Crippen LogP contribution in [-0.2, 0) is 0 Å². The molecule has 0 atom stereocenters. The van der Waals surface area contributed by atoms with Crippen molar-refractivity contribution in [1.29, 1.82) is 0 Å². The first-order valence-electron chi connectivity index (χ1n) is 10.2. The third-order valence-electron chi connectivity index (χ3n) is 5.50. The molecule has 28 heavy (non-hydrogen) atoms. The Hall–Kier alpha value is -1.47. The van der Waals surface area contributed by atoms with Gasteiger partial charge in [0, 0.05) is 22.5 Å². The summed E-state index contributed by atoms with van der Waals surface area (Å²) in [5.41, 5.74) is 0. The molecule has 0 spiro atoms. The smallest absolute Gasteiger partial charge is 0.0720 e.